The van der Waals surface area contributed by atoms with Crippen LogP contribution in [0.5, 0.6) is 11.5 Å². The number of anilines is 1. The van der Waals surface area contributed by atoms with Crippen LogP contribution in [0.2, 0.25) is 0 Å². The van der Waals surface area contributed by atoms with Gasteiger partial charge in [0.15, 0.2) is 11.5 Å². The minimum atomic E-state index is -0.508. The van der Waals surface area contributed by atoms with Crippen molar-refractivity contribution in [3.05, 3.63) is 29.3 Å². The molecule has 0 aliphatic carbocycles. The Bertz CT molecular complexity index is 780. The summed E-state index contributed by atoms with van der Waals surface area (Å²) in [6.45, 7) is 0.554. The highest BCUT2D eigenvalue weighted by Crippen LogP contribution is 2.33. The first kappa shape index (κ1) is 14.9. The molecule has 2 aliphatic heterocycles. The van der Waals surface area contributed by atoms with Gasteiger partial charge in [-0.25, -0.2) is 0 Å². The van der Waals surface area contributed by atoms with Gasteiger partial charge in [-0.3, -0.25) is 14.9 Å². The molecule has 1 aromatic carbocycles. The zero-order valence-electron chi connectivity index (χ0n) is 12.6. The Morgan fingerprint density at radius 3 is 3.08 bits per heavy atom. The monoisotopic (exact) mass is 346 g/mol. The number of nitrogens with one attached hydrogen (secondary N) is 1. The zero-order valence-corrected chi connectivity index (χ0v) is 13.4. The largest absolute Gasteiger partial charge is 0.454 e. The lowest BCUT2D eigenvalue weighted by Crippen LogP contribution is -2.41. The predicted octanol–water partition coefficient (Wildman–Crippen LogP) is 1.40. The molecule has 2 aliphatic rings. The van der Waals surface area contributed by atoms with Gasteiger partial charge < -0.3 is 14.4 Å². The van der Waals surface area contributed by atoms with Crippen LogP contribution in [-0.2, 0) is 16.1 Å². The molecule has 0 unspecified atom stereocenters. The van der Waals surface area contributed by atoms with Crippen LogP contribution >= 0.6 is 11.3 Å². The molecule has 1 atom stereocenters. The average Bonchev–Trinajstić information content (AvgIpc) is 3.29. The number of carbonyl (C=O) groups is 2. The SMILES string of the molecule is O=C(Nc1nncs1)[C@@H]1CCC(=O)N1Cc1ccc2c(c1)OCO2. The third kappa shape index (κ3) is 2.78. The second-order valence-corrected chi connectivity index (χ2v) is 6.33. The average molecular weight is 346 g/mol. The first-order chi connectivity index (χ1) is 11.7. The first-order valence-electron chi connectivity index (χ1n) is 7.46. The fraction of sp³-hybridized carbons (Fsp3) is 0.333. The smallest absolute Gasteiger partial charge is 0.249 e. The molecule has 0 saturated carbocycles. The van der Waals surface area contributed by atoms with E-state index in [0.717, 1.165) is 5.56 Å². The van der Waals surface area contributed by atoms with Crippen LogP contribution in [0.15, 0.2) is 23.7 Å². The Labute approximate surface area is 141 Å². The van der Waals surface area contributed by atoms with Crippen LogP contribution in [0, 0.1) is 0 Å². The zero-order chi connectivity index (χ0) is 16.5. The summed E-state index contributed by atoms with van der Waals surface area (Å²) in [5.41, 5.74) is 2.43. The van der Waals surface area contributed by atoms with Gasteiger partial charge in [0.25, 0.3) is 0 Å². The quantitative estimate of drug-likeness (QED) is 0.899. The number of benzene rings is 1. The molecule has 1 aromatic heterocycles. The van der Waals surface area contributed by atoms with Crippen molar-refractivity contribution in [3.63, 3.8) is 0 Å². The number of rotatable bonds is 4. The van der Waals surface area contributed by atoms with Crippen LogP contribution in [0.25, 0.3) is 0 Å². The third-order valence-corrected chi connectivity index (χ3v) is 4.62. The Morgan fingerprint density at radius 2 is 2.25 bits per heavy atom. The van der Waals surface area contributed by atoms with Gasteiger partial charge in [0, 0.05) is 13.0 Å². The molecule has 1 saturated heterocycles. The van der Waals surface area contributed by atoms with Crippen LogP contribution in [0.1, 0.15) is 18.4 Å². The molecular formula is C15H14N4O4S. The summed E-state index contributed by atoms with van der Waals surface area (Å²) >= 11 is 1.24. The summed E-state index contributed by atoms with van der Waals surface area (Å²) in [6, 6.07) is 5.02. The van der Waals surface area contributed by atoms with Gasteiger partial charge in [-0.15, -0.1) is 10.2 Å². The van der Waals surface area contributed by atoms with Gasteiger partial charge in [-0.05, 0) is 24.1 Å². The van der Waals surface area contributed by atoms with Crippen LogP contribution < -0.4 is 14.8 Å². The predicted molar refractivity (Wildman–Crippen MR) is 84.7 cm³/mol. The molecule has 4 rings (SSSR count). The molecule has 1 N–H and O–H groups in total. The number of hydrogen-bond donors (Lipinski definition) is 1. The normalized spacial score (nSPS) is 18.9. The lowest BCUT2D eigenvalue weighted by atomic mass is 10.1. The van der Waals surface area contributed by atoms with E-state index in [4.69, 9.17) is 9.47 Å². The van der Waals surface area contributed by atoms with E-state index in [1.54, 1.807) is 10.4 Å². The Morgan fingerprint density at radius 1 is 1.38 bits per heavy atom. The molecular weight excluding hydrogens is 332 g/mol. The number of carbonyl (C=O) groups excluding carboxylic acids is 2. The molecule has 8 nitrogen and oxygen atoms in total. The van der Waals surface area contributed by atoms with E-state index >= 15 is 0 Å². The summed E-state index contributed by atoms with van der Waals surface area (Å²) in [6.07, 6.45) is 0.854. The number of nitrogens with zero attached hydrogens (tertiary/aromatic N) is 3. The molecule has 0 bridgehead atoms. The van der Waals surface area contributed by atoms with E-state index in [1.807, 2.05) is 18.2 Å². The number of hydrogen-bond acceptors (Lipinski definition) is 7. The second kappa shape index (κ2) is 6.08. The number of ether oxygens (including phenoxy) is 2. The standard InChI is InChI=1S/C15H14N4O4S/c20-13-4-2-10(14(21)17-15-18-16-7-24-15)19(13)6-9-1-3-11-12(5-9)23-8-22-11/h1,3,5,7,10H,2,4,6,8H2,(H,17,18,21)/t10-/m0/s1. The molecule has 0 radical (unpaired) electrons. The van der Waals surface area contributed by atoms with Crippen LogP contribution in [0.4, 0.5) is 5.13 Å². The Kier molecular flexibility index (Phi) is 3.77. The van der Waals surface area contributed by atoms with Crippen molar-refractivity contribution in [3.8, 4) is 11.5 Å². The molecule has 0 spiro atoms. The molecule has 1 fully saturated rings. The molecule has 9 heteroatoms. The molecule has 2 aromatic rings. The highest BCUT2D eigenvalue weighted by molar-refractivity contribution is 7.13. The summed E-state index contributed by atoms with van der Waals surface area (Å²) in [5.74, 6) is 1.08. The second-order valence-electron chi connectivity index (χ2n) is 5.50. The van der Waals surface area contributed by atoms with Crippen molar-refractivity contribution in [1.29, 1.82) is 0 Å². The topological polar surface area (TPSA) is 93.7 Å². The highest BCUT2D eigenvalue weighted by atomic mass is 32.1. The Hall–Kier alpha value is -2.68. The van der Waals surface area contributed by atoms with Crippen LogP contribution in [-0.4, -0.2) is 39.7 Å². The highest BCUT2D eigenvalue weighted by Gasteiger charge is 2.36. The van der Waals surface area contributed by atoms with Crippen molar-refractivity contribution in [2.45, 2.75) is 25.4 Å². The van der Waals surface area contributed by atoms with Crippen molar-refractivity contribution in [2.24, 2.45) is 0 Å². The van der Waals surface area contributed by atoms with E-state index < -0.39 is 6.04 Å². The Balaban J connectivity index is 1.49. The summed E-state index contributed by atoms with van der Waals surface area (Å²) in [5, 5.41) is 10.6. The third-order valence-electron chi connectivity index (χ3n) is 4.01. The number of likely N-dealkylation sites (tertiary alicyclic amines) is 1. The van der Waals surface area contributed by atoms with E-state index in [2.05, 4.69) is 15.5 Å². The van der Waals surface area contributed by atoms with Crippen molar-refractivity contribution in [2.75, 3.05) is 12.1 Å². The van der Waals surface area contributed by atoms with Gasteiger partial charge in [-0.2, -0.15) is 0 Å². The summed E-state index contributed by atoms with van der Waals surface area (Å²) in [4.78, 5) is 26.2. The maximum absolute atomic E-state index is 12.4. The van der Waals surface area contributed by atoms with Crippen molar-refractivity contribution >= 4 is 28.3 Å². The van der Waals surface area contributed by atoms with Crippen molar-refractivity contribution < 1.29 is 19.1 Å². The molecule has 124 valence electrons. The summed E-state index contributed by atoms with van der Waals surface area (Å²) < 4.78 is 10.6. The van der Waals surface area contributed by atoms with Gasteiger partial charge in [0.05, 0.1) is 0 Å². The van der Waals surface area contributed by atoms with Gasteiger partial charge in [0.2, 0.25) is 23.7 Å². The van der Waals surface area contributed by atoms with E-state index in [1.165, 1.54) is 11.3 Å². The lowest BCUT2D eigenvalue weighted by Gasteiger charge is -2.23. The minimum absolute atomic E-state index is 0.0370. The lowest BCUT2D eigenvalue weighted by molar-refractivity contribution is -0.133. The number of amides is 2. The van der Waals surface area contributed by atoms with Gasteiger partial charge >= 0.3 is 0 Å². The molecule has 3 heterocycles. The van der Waals surface area contributed by atoms with Crippen molar-refractivity contribution in [1.82, 2.24) is 15.1 Å². The van der Waals surface area contributed by atoms with E-state index in [-0.39, 0.29) is 18.6 Å². The molecule has 2 amide bonds. The number of aromatic nitrogens is 2. The maximum atomic E-state index is 12.4. The summed E-state index contributed by atoms with van der Waals surface area (Å²) in [7, 11) is 0. The van der Waals surface area contributed by atoms with Gasteiger partial charge in [-0.1, -0.05) is 17.4 Å². The number of fused-ring (bicyclic) bond motifs is 1. The maximum Gasteiger partial charge on any atom is 0.249 e. The van der Waals surface area contributed by atoms with E-state index in [0.29, 0.717) is 36.0 Å². The molecule has 24 heavy (non-hydrogen) atoms. The van der Waals surface area contributed by atoms with Crippen LogP contribution in [0.3, 0.4) is 0 Å². The van der Waals surface area contributed by atoms with Gasteiger partial charge in [0.1, 0.15) is 11.6 Å². The van der Waals surface area contributed by atoms with E-state index in [9.17, 15) is 9.59 Å². The minimum Gasteiger partial charge on any atom is -0.454 e. The fourth-order valence-electron chi connectivity index (χ4n) is 2.86. The first-order valence-corrected chi connectivity index (χ1v) is 8.34. The fourth-order valence-corrected chi connectivity index (χ4v) is 3.30.